The fraction of sp³-hybridized carbons (Fsp3) is 0.324. The van der Waals surface area contributed by atoms with E-state index >= 15 is 0 Å². The number of carboxylic acid groups (broad SMARTS) is 1. The Labute approximate surface area is 262 Å². The highest BCUT2D eigenvalue weighted by atomic mass is 19.1. The van der Waals surface area contributed by atoms with Crippen molar-refractivity contribution in [3.05, 3.63) is 89.5 Å². The van der Waals surface area contributed by atoms with Crippen molar-refractivity contribution in [2.24, 2.45) is 0 Å². The van der Waals surface area contributed by atoms with Crippen molar-refractivity contribution in [3.63, 3.8) is 0 Å². The largest absolute Gasteiger partial charge is 0.465 e. The SMILES string of the molecule is O=C(O)N1C[C@@H](F)C[C@H]1Cn1c(-c2[nH]c3cc(F)ccc3c2C[C@@H]2CCCN2C(=O)OCc2ccccc2)nc2cc(F)ccc21. The Bertz CT molecular complexity index is 1930. The quantitative estimate of drug-likeness (QED) is 0.204. The predicted octanol–water partition coefficient (Wildman–Crippen LogP) is 6.90. The first kappa shape index (κ1) is 29.7. The standard InChI is InChI=1S/C34H32F3N5O4/c35-21-8-10-26-27(16-24-7-4-12-40(24)34(45)46-19-20-5-2-1-3-6-20)31(38-28(26)14-21)32-39-29-15-22(36)9-11-30(29)42(32)18-25-13-23(37)17-41(25)33(43)44/h1-3,5-6,8-11,14-15,23-25,38H,4,7,12-13,16-19H2,(H,43,44)/t23-,24-,25-/m0/s1. The summed E-state index contributed by atoms with van der Waals surface area (Å²) in [4.78, 5) is 36.1. The molecule has 2 aliphatic rings. The van der Waals surface area contributed by atoms with E-state index in [0.29, 0.717) is 41.0 Å². The predicted molar refractivity (Wildman–Crippen MR) is 165 cm³/mol. The van der Waals surface area contributed by atoms with Crippen LogP contribution in [0.15, 0.2) is 66.7 Å². The molecule has 9 nitrogen and oxygen atoms in total. The molecule has 46 heavy (non-hydrogen) atoms. The molecule has 4 heterocycles. The minimum Gasteiger partial charge on any atom is -0.465 e. The van der Waals surface area contributed by atoms with E-state index in [1.165, 1.54) is 24.3 Å². The molecule has 2 fully saturated rings. The number of carbonyl (C=O) groups is 2. The molecule has 5 aromatic rings. The summed E-state index contributed by atoms with van der Waals surface area (Å²) in [5, 5.41) is 10.5. The van der Waals surface area contributed by atoms with E-state index in [1.54, 1.807) is 21.6 Å². The van der Waals surface area contributed by atoms with Gasteiger partial charge in [-0.15, -0.1) is 0 Å². The number of nitrogens with one attached hydrogen (secondary N) is 1. The molecular weight excluding hydrogens is 599 g/mol. The van der Waals surface area contributed by atoms with Crippen LogP contribution >= 0.6 is 0 Å². The molecule has 0 radical (unpaired) electrons. The molecule has 0 spiro atoms. The van der Waals surface area contributed by atoms with Gasteiger partial charge in [-0.1, -0.05) is 30.3 Å². The van der Waals surface area contributed by atoms with Crippen molar-refractivity contribution in [2.75, 3.05) is 13.1 Å². The number of hydrogen-bond acceptors (Lipinski definition) is 4. The van der Waals surface area contributed by atoms with Gasteiger partial charge in [0.1, 0.15) is 24.4 Å². The molecule has 2 N–H and O–H groups in total. The molecule has 7 rings (SSSR count). The molecule has 3 aromatic carbocycles. The van der Waals surface area contributed by atoms with Gasteiger partial charge in [-0.25, -0.2) is 27.7 Å². The molecule has 2 saturated heterocycles. The second kappa shape index (κ2) is 12.1. The van der Waals surface area contributed by atoms with Gasteiger partial charge >= 0.3 is 12.2 Å². The molecule has 238 valence electrons. The normalized spacial score (nSPS) is 19.8. The zero-order chi connectivity index (χ0) is 31.9. The first-order valence-corrected chi connectivity index (χ1v) is 15.3. The minimum atomic E-state index is -1.31. The summed E-state index contributed by atoms with van der Waals surface area (Å²) in [6, 6.07) is 17.1. The Balaban J connectivity index is 1.28. The molecule has 12 heteroatoms. The van der Waals surface area contributed by atoms with Crippen molar-refractivity contribution in [3.8, 4) is 11.5 Å². The van der Waals surface area contributed by atoms with Gasteiger partial charge in [-0.3, -0.25) is 0 Å². The lowest BCUT2D eigenvalue weighted by Crippen LogP contribution is -2.37. The third-order valence-electron chi connectivity index (χ3n) is 9.06. The lowest BCUT2D eigenvalue weighted by Gasteiger charge is -2.25. The van der Waals surface area contributed by atoms with Crippen LogP contribution in [0.3, 0.4) is 0 Å². The number of carbonyl (C=O) groups excluding carboxylic acids is 1. The number of alkyl halides is 1. The van der Waals surface area contributed by atoms with Gasteiger partial charge in [0.05, 0.1) is 29.3 Å². The maximum Gasteiger partial charge on any atom is 0.410 e. The van der Waals surface area contributed by atoms with Crippen LogP contribution in [0.1, 0.15) is 30.4 Å². The van der Waals surface area contributed by atoms with E-state index in [0.717, 1.165) is 34.3 Å². The number of aromatic amines is 1. The van der Waals surface area contributed by atoms with Gasteiger partial charge in [0.2, 0.25) is 0 Å². The number of aromatic nitrogens is 3. The summed E-state index contributed by atoms with van der Waals surface area (Å²) in [6.45, 7) is 0.523. The second-order valence-electron chi connectivity index (χ2n) is 12.0. The molecule has 2 aliphatic heterocycles. The molecule has 2 amide bonds. The number of halogens is 3. The number of likely N-dealkylation sites (tertiary alicyclic amines) is 2. The van der Waals surface area contributed by atoms with E-state index in [2.05, 4.69) is 4.98 Å². The van der Waals surface area contributed by atoms with Crippen molar-refractivity contribution >= 4 is 34.1 Å². The fourth-order valence-electron chi connectivity index (χ4n) is 6.91. The Hall–Kier alpha value is -5.00. The first-order chi connectivity index (χ1) is 22.2. The third-order valence-corrected chi connectivity index (χ3v) is 9.06. The number of ether oxygens (including phenoxy) is 1. The van der Waals surface area contributed by atoms with Gasteiger partial charge in [-0.2, -0.15) is 0 Å². The van der Waals surface area contributed by atoms with Gasteiger partial charge in [0, 0.05) is 42.5 Å². The maximum atomic E-state index is 14.5. The van der Waals surface area contributed by atoms with E-state index in [-0.39, 0.29) is 32.2 Å². The molecule has 0 saturated carbocycles. The molecule has 2 aromatic heterocycles. The summed E-state index contributed by atoms with van der Waals surface area (Å²) >= 11 is 0. The zero-order valence-corrected chi connectivity index (χ0v) is 24.8. The number of rotatable bonds is 7. The number of hydrogen-bond donors (Lipinski definition) is 2. The molecule has 3 atom stereocenters. The first-order valence-electron chi connectivity index (χ1n) is 15.3. The smallest absolute Gasteiger partial charge is 0.410 e. The number of H-pyrrole nitrogens is 1. The lowest BCUT2D eigenvalue weighted by atomic mass is 10.00. The highest BCUT2D eigenvalue weighted by Crippen LogP contribution is 2.37. The number of nitrogens with zero attached hydrogens (tertiary/aromatic N) is 4. The third kappa shape index (κ3) is 5.63. The Morgan fingerprint density at radius 2 is 1.78 bits per heavy atom. The Morgan fingerprint density at radius 3 is 2.59 bits per heavy atom. The Morgan fingerprint density at radius 1 is 1.00 bits per heavy atom. The van der Waals surface area contributed by atoms with Crippen molar-refractivity contribution in [1.82, 2.24) is 24.3 Å². The molecule has 0 aliphatic carbocycles. The van der Waals surface area contributed by atoms with E-state index in [4.69, 9.17) is 9.72 Å². The van der Waals surface area contributed by atoms with E-state index in [9.17, 15) is 27.9 Å². The highest BCUT2D eigenvalue weighted by molar-refractivity contribution is 5.92. The minimum absolute atomic E-state index is 0.0134. The lowest BCUT2D eigenvalue weighted by molar-refractivity contribution is 0.0921. The number of amides is 2. The summed E-state index contributed by atoms with van der Waals surface area (Å²) in [6.07, 6.45) is -1.02. The van der Waals surface area contributed by atoms with Crippen molar-refractivity contribution < 1.29 is 32.6 Å². The van der Waals surface area contributed by atoms with Crippen LogP contribution in [0.2, 0.25) is 0 Å². The monoisotopic (exact) mass is 631 g/mol. The maximum absolute atomic E-state index is 14.5. The number of benzene rings is 3. The van der Waals surface area contributed by atoms with Crippen LogP contribution in [0.4, 0.5) is 22.8 Å². The van der Waals surface area contributed by atoms with Gasteiger partial charge < -0.3 is 29.2 Å². The van der Waals surface area contributed by atoms with Crippen LogP contribution in [0.25, 0.3) is 33.5 Å². The Kier molecular flexibility index (Phi) is 7.79. The number of fused-ring (bicyclic) bond motifs is 2. The van der Waals surface area contributed by atoms with Gasteiger partial charge in [-0.05, 0) is 60.7 Å². The number of imidazole rings is 1. The van der Waals surface area contributed by atoms with E-state index in [1.807, 2.05) is 30.3 Å². The van der Waals surface area contributed by atoms with Crippen LogP contribution < -0.4 is 0 Å². The molecule has 0 unspecified atom stereocenters. The summed E-state index contributed by atoms with van der Waals surface area (Å²) in [5.74, 6) is -0.544. The second-order valence-corrected chi connectivity index (χ2v) is 12.0. The molecular formula is C34H32F3N5O4. The average Bonchev–Trinajstić information content (AvgIpc) is 3.81. The molecule has 0 bridgehead atoms. The van der Waals surface area contributed by atoms with Crippen LogP contribution in [0, 0.1) is 11.6 Å². The average molecular weight is 632 g/mol. The van der Waals surface area contributed by atoms with Crippen LogP contribution in [0.5, 0.6) is 0 Å². The van der Waals surface area contributed by atoms with Crippen LogP contribution in [-0.4, -0.2) is 73.0 Å². The fourth-order valence-corrected chi connectivity index (χ4v) is 6.91. The van der Waals surface area contributed by atoms with Crippen molar-refractivity contribution in [2.45, 2.75) is 57.1 Å². The summed E-state index contributed by atoms with van der Waals surface area (Å²) in [7, 11) is 0. The van der Waals surface area contributed by atoms with Gasteiger partial charge in [0.25, 0.3) is 0 Å². The van der Waals surface area contributed by atoms with Gasteiger partial charge in [0.15, 0.2) is 5.82 Å². The van der Waals surface area contributed by atoms with Crippen LogP contribution in [-0.2, 0) is 24.3 Å². The summed E-state index contributed by atoms with van der Waals surface area (Å²) < 4.78 is 50.7. The van der Waals surface area contributed by atoms with E-state index < -0.39 is 36.0 Å². The topological polar surface area (TPSA) is 104 Å². The summed E-state index contributed by atoms with van der Waals surface area (Å²) in [5.41, 5.74) is 3.61. The van der Waals surface area contributed by atoms with Crippen molar-refractivity contribution in [1.29, 1.82) is 0 Å². The highest BCUT2D eigenvalue weighted by Gasteiger charge is 2.37. The zero-order valence-electron chi connectivity index (χ0n) is 24.8.